The Morgan fingerprint density at radius 3 is 1.50 bits per heavy atom. The van der Waals surface area contributed by atoms with E-state index in [0.717, 1.165) is 0 Å². The highest BCUT2D eigenvalue weighted by atomic mass is 16.5. The quantitative estimate of drug-likeness (QED) is 0.621. The molecule has 0 saturated carbocycles. The summed E-state index contributed by atoms with van der Waals surface area (Å²) in [6, 6.07) is 0. The van der Waals surface area contributed by atoms with Crippen LogP contribution in [0.4, 0.5) is 0 Å². The number of aromatic nitrogens is 4. The first kappa shape index (κ1) is 6.96. The molecule has 6 heteroatoms. The Labute approximate surface area is 67.6 Å². The molecular formula is C6H6N4O2. The maximum atomic E-state index is 4.75. The predicted octanol–water partition coefficient (Wildman–Crippen LogP) is 0.736. The van der Waals surface area contributed by atoms with Crippen molar-refractivity contribution in [2.75, 3.05) is 0 Å². The third kappa shape index (κ3) is 1.07. The molecule has 0 atom stereocenters. The van der Waals surface area contributed by atoms with E-state index in [9.17, 15) is 0 Å². The third-order valence-electron chi connectivity index (χ3n) is 1.26. The van der Waals surface area contributed by atoms with Gasteiger partial charge in [0.15, 0.2) is 0 Å². The average Bonchev–Trinajstić information content (AvgIpc) is 2.58. The summed E-state index contributed by atoms with van der Waals surface area (Å²) < 4.78 is 9.49. The summed E-state index contributed by atoms with van der Waals surface area (Å²) >= 11 is 0. The van der Waals surface area contributed by atoms with Crippen LogP contribution in [-0.2, 0) is 0 Å². The number of hydrogen-bond acceptors (Lipinski definition) is 6. The zero-order valence-corrected chi connectivity index (χ0v) is 6.61. The van der Waals surface area contributed by atoms with Gasteiger partial charge in [-0.3, -0.25) is 0 Å². The van der Waals surface area contributed by atoms with Crippen molar-refractivity contribution >= 4 is 0 Å². The molecule has 2 heterocycles. The van der Waals surface area contributed by atoms with E-state index in [-0.39, 0.29) is 0 Å². The van der Waals surface area contributed by atoms with E-state index in [2.05, 4.69) is 20.3 Å². The average molecular weight is 166 g/mol. The number of hydrogen-bond donors (Lipinski definition) is 0. The van der Waals surface area contributed by atoms with Crippen molar-refractivity contribution in [2.45, 2.75) is 13.8 Å². The van der Waals surface area contributed by atoms with Gasteiger partial charge >= 0.3 is 0 Å². The molecule has 62 valence electrons. The van der Waals surface area contributed by atoms with Crippen LogP contribution in [0.25, 0.3) is 11.6 Å². The van der Waals surface area contributed by atoms with E-state index in [0.29, 0.717) is 23.4 Å². The maximum Gasteiger partial charge on any atom is 0.243 e. The Hall–Kier alpha value is -1.72. The van der Waals surface area contributed by atoms with Gasteiger partial charge < -0.3 is 9.05 Å². The molecule has 0 saturated heterocycles. The molecule has 0 N–H and O–H groups in total. The highest BCUT2D eigenvalue weighted by molar-refractivity contribution is 5.39. The summed E-state index contributed by atoms with van der Waals surface area (Å²) in [6.07, 6.45) is 0. The molecule has 0 aromatic carbocycles. The summed E-state index contributed by atoms with van der Waals surface area (Å²) in [5.74, 6) is 1.66. The van der Waals surface area contributed by atoms with Crippen LogP contribution in [-0.4, -0.2) is 20.3 Å². The fraction of sp³-hybridized carbons (Fsp3) is 0.333. The Morgan fingerprint density at radius 1 is 0.833 bits per heavy atom. The molecule has 2 rings (SSSR count). The second kappa shape index (κ2) is 2.40. The van der Waals surface area contributed by atoms with Crippen LogP contribution >= 0.6 is 0 Å². The molecule has 2 aromatic heterocycles. The minimum Gasteiger partial charge on any atom is -0.339 e. The van der Waals surface area contributed by atoms with Gasteiger partial charge in [0.05, 0.1) is 0 Å². The molecule has 6 nitrogen and oxygen atoms in total. The summed E-state index contributed by atoms with van der Waals surface area (Å²) in [6.45, 7) is 3.40. The molecule has 12 heavy (non-hydrogen) atoms. The van der Waals surface area contributed by atoms with Gasteiger partial charge in [0, 0.05) is 13.8 Å². The van der Waals surface area contributed by atoms with Crippen molar-refractivity contribution in [1.29, 1.82) is 0 Å². The molecule has 0 amide bonds. The van der Waals surface area contributed by atoms with Gasteiger partial charge in [-0.25, -0.2) is 0 Å². The fourth-order valence-corrected chi connectivity index (χ4v) is 0.780. The van der Waals surface area contributed by atoms with Crippen LogP contribution in [0.15, 0.2) is 9.05 Å². The normalized spacial score (nSPS) is 10.5. The summed E-state index contributed by atoms with van der Waals surface area (Å²) in [5, 5.41) is 7.26. The minimum atomic E-state index is 0.351. The summed E-state index contributed by atoms with van der Waals surface area (Å²) in [7, 11) is 0. The first-order chi connectivity index (χ1) is 5.75. The molecule has 2 aromatic rings. The predicted molar refractivity (Wildman–Crippen MR) is 37.1 cm³/mol. The van der Waals surface area contributed by atoms with Crippen molar-refractivity contribution in [1.82, 2.24) is 20.3 Å². The third-order valence-corrected chi connectivity index (χ3v) is 1.26. The van der Waals surface area contributed by atoms with Gasteiger partial charge in [0.2, 0.25) is 23.4 Å². The molecule has 0 radical (unpaired) electrons. The van der Waals surface area contributed by atoms with Gasteiger partial charge in [-0.05, 0) is 0 Å². The Kier molecular flexibility index (Phi) is 1.39. The minimum absolute atomic E-state index is 0.351. The van der Waals surface area contributed by atoms with Crippen molar-refractivity contribution < 1.29 is 9.05 Å². The van der Waals surface area contributed by atoms with Gasteiger partial charge in [0.1, 0.15) is 0 Å². The molecule has 0 bridgehead atoms. The molecule has 0 aliphatic rings. The van der Waals surface area contributed by atoms with E-state index in [4.69, 9.17) is 9.05 Å². The lowest BCUT2D eigenvalue weighted by Crippen LogP contribution is -1.82. The van der Waals surface area contributed by atoms with E-state index in [1.807, 2.05) is 0 Å². The number of aryl methyl sites for hydroxylation is 2. The number of rotatable bonds is 1. The Balaban J connectivity index is 2.43. The van der Waals surface area contributed by atoms with Crippen molar-refractivity contribution in [3.05, 3.63) is 11.8 Å². The highest BCUT2D eigenvalue weighted by Gasteiger charge is 2.11. The molecule has 0 aliphatic carbocycles. The van der Waals surface area contributed by atoms with Gasteiger partial charge in [-0.2, -0.15) is 9.97 Å². The standard InChI is InChI=1S/C6H6N4O2/c1-3-7-5(9-11-3)6-8-4(2)12-10-6/h1-2H3. The fourth-order valence-electron chi connectivity index (χ4n) is 0.780. The monoisotopic (exact) mass is 166 g/mol. The lowest BCUT2D eigenvalue weighted by atomic mass is 10.6. The molecular weight excluding hydrogens is 160 g/mol. The molecule has 0 aliphatic heterocycles. The molecule has 0 unspecified atom stereocenters. The Morgan fingerprint density at radius 2 is 1.25 bits per heavy atom. The first-order valence-electron chi connectivity index (χ1n) is 3.37. The van der Waals surface area contributed by atoms with Crippen LogP contribution < -0.4 is 0 Å². The van der Waals surface area contributed by atoms with Crippen LogP contribution in [0, 0.1) is 13.8 Å². The topological polar surface area (TPSA) is 77.8 Å². The highest BCUT2D eigenvalue weighted by Crippen LogP contribution is 2.10. The van der Waals surface area contributed by atoms with Crippen molar-refractivity contribution in [2.24, 2.45) is 0 Å². The van der Waals surface area contributed by atoms with E-state index < -0.39 is 0 Å². The lowest BCUT2D eigenvalue weighted by molar-refractivity contribution is 0.388. The van der Waals surface area contributed by atoms with Crippen molar-refractivity contribution in [3.8, 4) is 11.6 Å². The SMILES string of the molecule is Cc1nc(-c2noc(C)n2)no1. The number of nitrogens with zero attached hydrogens (tertiary/aromatic N) is 4. The lowest BCUT2D eigenvalue weighted by Gasteiger charge is -1.76. The van der Waals surface area contributed by atoms with E-state index >= 15 is 0 Å². The second-order valence-electron chi connectivity index (χ2n) is 2.27. The van der Waals surface area contributed by atoms with Gasteiger partial charge in [0.25, 0.3) is 0 Å². The van der Waals surface area contributed by atoms with Crippen LogP contribution in [0.5, 0.6) is 0 Å². The summed E-state index contributed by atoms with van der Waals surface area (Å²) in [4.78, 5) is 7.86. The molecule has 0 fully saturated rings. The van der Waals surface area contributed by atoms with Crippen LogP contribution in [0.3, 0.4) is 0 Å². The maximum absolute atomic E-state index is 4.75. The Bertz CT molecular complexity index is 353. The van der Waals surface area contributed by atoms with E-state index in [1.54, 1.807) is 13.8 Å². The second-order valence-corrected chi connectivity index (χ2v) is 2.27. The van der Waals surface area contributed by atoms with Crippen LogP contribution in [0.2, 0.25) is 0 Å². The van der Waals surface area contributed by atoms with Gasteiger partial charge in [-0.1, -0.05) is 10.3 Å². The first-order valence-corrected chi connectivity index (χ1v) is 3.37. The zero-order chi connectivity index (χ0) is 8.55. The van der Waals surface area contributed by atoms with Crippen LogP contribution in [0.1, 0.15) is 11.8 Å². The summed E-state index contributed by atoms with van der Waals surface area (Å²) in [5.41, 5.74) is 0. The smallest absolute Gasteiger partial charge is 0.243 e. The van der Waals surface area contributed by atoms with Gasteiger partial charge in [-0.15, -0.1) is 0 Å². The zero-order valence-electron chi connectivity index (χ0n) is 6.61. The van der Waals surface area contributed by atoms with E-state index in [1.165, 1.54) is 0 Å². The van der Waals surface area contributed by atoms with Crippen molar-refractivity contribution in [3.63, 3.8) is 0 Å². The largest absolute Gasteiger partial charge is 0.339 e. The molecule has 0 spiro atoms.